The minimum Gasteiger partial charge on any atom is -0.379 e. The smallest absolute Gasteiger partial charge is 0.244 e. The number of aromatic nitrogens is 1. The second-order valence-corrected chi connectivity index (χ2v) is 7.27. The predicted octanol–water partition coefficient (Wildman–Crippen LogP) is 2.15. The number of para-hydroxylation sites is 1. The van der Waals surface area contributed by atoms with Gasteiger partial charge in [-0.1, -0.05) is 18.2 Å². The van der Waals surface area contributed by atoms with E-state index in [2.05, 4.69) is 10.3 Å². The van der Waals surface area contributed by atoms with E-state index in [-0.39, 0.29) is 4.90 Å². The molecule has 0 radical (unpaired) electrons. The van der Waals surface area contributed by atoms with Crippen LogP contribution >= 0.6 is 0 Å². The van der Waals surface area contributed by atoms with Crippen molar-refractivity contribution in [1.82, 2.24) is 9.29 Å². The third-order valence-electron chi connectivity index (χ3n) is 3.75. The van der Waals surface area contributed by atoms with Crippen LogP contribution in [0.5, 0.6) is 0 Å². The molecule has 1 fully saturated rings. The summed E-state index contributed by atoms with van der Waals surface area (Å²) < 4.78 is 31.7. The predicted molar refractivity (Wildman–Crippen MR) is 88.3 cm³/mol. The molecule has 7 heteroatoms. The molecule has 1 aliphatic heterocycles. The van der Waals surface area contributed by atoms with Gasteiger partial charge in [-0.05, 0) is 30.7 Å². The second-order valence-electron chi connectivity index (χ2n) is 5.34. The summed E-state index contributed by atoms with van der Waals surface area (Å²) in [6, 6.07) is 11.1. The Morgan fingerprint density at radius 2 is 1.87 bits per heavy atom. The molecule has 6 nitrogen and oxygen atoms in total. The number of morpholine rings is 1. The van der Waals surface area contributed by atoms with Gasteiger partial charge in [0.2, 0.25) is 10.0 Å². The molecule has 23 heavy (non-hydrogen) atoms. The Morgan fingerprint density at radius 1 is 1.13 bits per heavy atom. The van der Waals surface area contributed by atoms with Crippen molar-refractivity contribution in [3.8, 4) is 0 Å². The van der Waals surface area contributed by atoms with E-state index in [1.807, 2.05) is 31.2 Å². The van der Waals surface area contributed by atoms with E-state index in [9.17, 15) is 8.42 Å². The number of benzene rings is 1. The molecular weight excluding hydrogens is 314 g/mol. The largest absolute Gasteiger partial charge is 0.379 e. The van der Waals surface area contributed by atoms with Crippen molar-refractivity contribution >= 4 is 21.5 Å². The molecule has 0 atom stereocenters. The maximum atomic E-state index is 12.5. The Labute approximate surface area is 136 Å². The lowest BCUT2D eigenvalue weighted by atomic mass is 10.2. The van der Waals surface area contributed by atoms with Crippen molar-refractivity contribution in [2.45, 2.75) is 11.8 Å². The normalized spacial score (nSPS) is 16.2. The summed E-state index contributed by atoms with van der Waals surface area (Å²) in [7, 11) is -3.50. The molecule has 0 unspecified atom stereocenters. The van der Waals surface area contributed by atoms with Gasteiger partial charge >= 0.3 is 0 Å². The van der Waals surface area contributed by atoms with Crippen molar-refractivity contribution in [3.05, 3.63) is 48.2 Å². The molecule has 1 aromatic heterocycles. The lowest BCUT2D eigenvalue weighted by Gasteiger charge is -2.25. The fourth-order valence-electron chi connectivity index (χ4n) is 2.39. The van der Waals surface area contributed by atoms with Gasteiger partial charge in [0.05, 0.1) is 13.2 Å². The number of hydrogen-bond acceptors (Lipinski definition) is 5. The number of nitrogens with zero attached hydrogens (tertiary/aromatic N) is 2. The summed E-state index contributed by atoms with van der Waals surface area (Å²) in [4.78, 5) is 4.43. The first kappa shape index (κ1) is 15.9. The van der Waals surface area contributed by atoms with Crippen molar-refractivity contribution in [1.29, 1.82) is 0 Å². The van der Waals surface area contributed by atoms with E-state index in [0.29, 0.717) is 32.1 Å². The molecule has 2 heterocycles. The van der Waals surface area contributed by atoms with Crippen LogP contribution in [0.1, 0.15) is 5.56 Å². The molecule has 0 saturated carbocycles. The van der Waals surface area contributed by atoms with Gasteiger partial charge in [0.1, 0.15) is 10.7 Å². The van der Waals surface area contributed by atoms with E-state index in [0.717, 1.165) is 11.3 Å². The Bertz CT molecular complexity index is 769. The first-order valence-electron chi connectivity index (χ1n) is 7.44. The molecular formula is C16H19N3O3S. The topological polar surface area (TPSA) is 71.5 Å². The van der Waals surface area contributed by atoms with Crippen molar-refractivity contribution in [3.63, 3.8) is 0 Å². The molecule has 0 aliphatic carbocycles. The van der Waals surface area contributed by atoms with Gasteiger partial charge in [0, 0.05) is 25.0 Å². The minimum absolute atomic E-state index is 0.203. The summed E-state index contributed by atoms with van der Waals surface area (Å²) in [6.45, 7) is 3.62. The van der Waals surface area contributed by atoms with Gasteiger partial charge < -0.3 is 10.1 Å². The average Bonchev–Trinajstić information content (AvgIpc) is 2.58. The molecule has 0 spiro atoms. The molecule has 1 aromatic carbocycles. The number of pyridine rings is 1. The van der Waals surface area contributed by atoms with Crippen LogP contribution in [0, 0.1) is 6.92 Å². The third-order valence-corrected chi connectivity index (χ3v) is 5.63. The number of hydrogen-bond donors (Lipinski definition) is 1. The Hall–Kier alpha value is -1.96. The van der Waals surface area contributed by atoms with Crippen molar-refractivity contribution in [2.75, 3.05) is 31.6 Å². The Morgan fingerprint density at radius 3 is 2.52 bits per heavy atom. The number of rotatable bonds is 4. The minimum atomic E-state index is -3.50. The van der Waals surface area contributed by atoms with E-state index >= 15 is 0 Å². The third kappa shape index (κ3) is 3.52. The zero-order valence-electron chi connectivity index (χ0n) is 12.9. The zero-order chi connectivity index (χ0) is 16.3. The average molecular weight is 333 g/mol. The summed E-state index contributed by atoms with van der Waals surface area (Å²) in [6.07, 6.45) is 1.39. The highest BCUT2D eigenvalue weighted by atomic mass is 32.2. The van der Waals surface area contributed by atoms with Gasteiger partial charge in [-0.2, -0.15) is 4.31 Å². The summed E-state index contributed by atoms with van der Waals surface area (Å²) in [5.74, 6) is 0.611. The number of sulfonamides is 1. The van der Waals surface area contributed by atoms with Gasteiger partial charge in [0.25, 0.3) is 0 Å². The zero-order valence-corrected chi connectivity index (χ0v) is 13.7. The van der Waals surface area contributed by atoms with Crippen LogP contribution in [0.15, 0.2) is 47.5 Å². The van der Waals surface area contributed by atoms with Crippen LogP contribution in [-0.2, 0) is 14.8 Å². The lowest BCUT2D eigenvalue weighted by molar-refractivity contribution is 0.0730. The monoisotopic (exact) mass is 333 g/mol. The quantitative estimate of drug-likeness (QED) is 0.928. The molecule has 122 valence electrons. The van der Waals surface area contributed by atoms with Crippen LogP contribution in [-0.4, -0.2) is 44.0 Å². The summed E-state index contributed by atoms with van der Waals surface area (Å²) >= 11 is 0. The SMILES string of the molecule is Cc1ccccc1Nc1ccc(S(=O)(=O)N2CCOCC2)cn1. The van der Waals surface area contributed by atoms with Crippen molar-refractivity contribution in [2.24, 2.45) is 0 Å². The van der Waals surface area contributed by atoms with E-state index in [4.69, 9.17) is 4.74 Å². The maximum Gasteiger partial charge on any atom is 0.244 e. The summed E-state index contributed by atoms with van der Waals surface area (Å²) in [5.41, 5.74) is 2.04. The van der Waals surface area contributed by atoms with Crippen LogP contribution in [0.3, 0.4) is 0 Å². The number of nitrogens with one attached hydrogen (secondary N) is 1. The Balaban J connectivity index is 1.78. The molecule has 1 aliphatic rings. The molecule has 1 N–H and O–H groups in total. The molecule has 3 rings (SSSR count). The fourth-order valence-corrected chi connectivity index (χ4v) is 3.75. The Kier molecular flexibility index (Phi) is 4.61. The fraction of sp³-hybridized carbons (Fsp3) is 0.312. The highest BCUT2D eigenvalue weighted by molar-refractivity contribution is 7.89. The van der Waals surface area contributed by atoms with Gasteiger partial charge in [0.15, 0.2) is 0 Å². The molecule has 2 aromatic rings. The molecule has 1 saturated heterocycles. The highest BCUT2D eigenvalue weighted by Gasteiger charge is 2.26. The highest BCUT2D eigenvalue weighted by Crippen LogP contribution is 2.21. The lowest BCUT2D eigenvalue weighted by Crippen LogP contribution is -2.40. The molecule has 0 bridgehead atoms. The second kappa shape index (κ2) is 6.66. The van der Waals surface area contributed by atoms with Crippen LogP contribution < -0.4 is 5.32 Å². The number of anilines is 2. The first-order chi connectivity index (χ1) is 11.1. The standard InChI is InChI=1S/C16H19N3O3S/c1-13-4-2-3-5-15(13)18-16-7-6-14(12-17-16)23(20,21)19-8-10-22-11-9-19/h2-7,12H,8-11H2,1H3,(H,17,18). The first-order valence-corrected chi connectivity index (χ1v) is 8.88. The van der Waals surface area contributed by atoms with E-state index in [1.165, 1.54) is 10.5 Å². The molecule has 0 amide bonds. The van der Waals surface area contributed by atoms with Crippen molar-refractivity contribution < 1.29 is 13.2 Å². The maximum absolute atomic E-state index is 12.5. The van der Waals surface area contributed by atoms with Gasteiger partial charge in [-0.3, -0.25) is 0 Å². The number of aryl methyl sites for hydroxylation is 1. The number of ether oxygens (including phenoxy) is 1. The van der Waals surface area contributed by atoms with E-state index in [1.54, 1.807) is 12.1 Å². The summed E-state index contributed by atoms with van der Waals surface area (Å²) in [5, 5.41) is 3.19. The van der Waals surface area contributed by atoms with Crippen LogP contribution in [0.4, 0.5) is 11.5 Å². The van der Waals surface area contributed by atoms with Gasteiger partial charge in [-0.15, -0.1) is 0 Å². The van der Waals surface area contributed by atoms with Gasteiger partial charge in [-0.25, -0.2) is 13.4 Å². The van der Waals surface area contributed by atoms with Crippen LogP contribution in [0.2, 0.25) is 0 Å². The van der Waals surface area contributed by atoms with Crippen LogP contribution in [0.25, 0.3) is 0 Å². The van der Waals surface area contributed by atoms with E-state index < -0.39 is 10.0 Å².